The fourth-order valence-electron chi connectivity index (χ4n) is 5.83. The number of ether oxygens (including phenoxy) is 1. The minimum Gasteiger partial charge on any atom is -0.494 e. The van der Waals surface area contributed by atoms with Gasteiger partial charge in [-0.2, -0.15) is 0 Å². The summed E-state index contributed by atoms with van der Waals surface area (Å²) in [6, 6.07) is 8.29. The molecule has 36 heavy (non-hydrogen) atoms. The van der Waals surface area contributed by atoms with E-state index in [2.05, 4.69) is 48.1 Å². The first-order valence-electron chi connectivity index (χ1n) is 15.3. The smallest absolute Gasteiger partial charge is 0.159 e. The lowest BCUT2D eigenvalue weighted by Crippen LogP contribution is -2.20. The lowest BCUT2D eigenvalue weighted by Gasteiger charge is -2.32. The Kier molecular flexibility index (Phi) is 14.0. The van der Waals surface area contributed by atoms with E-state index < -0.39 is 0 Å². The van der Waals surface area contributed by atoms with Crippen molar-refractivity contribution in [3.8, 4) is 17.1 Å². The number of aryl methyl sites for hydroxylation is 1. The van der Waals surface area contributed by atoms with Gasteiger partial charge in [-0.3, -0.25) is 0 Å². The molecule has 200 valence electrons. The van der Waals surface area contributed by atoms with Crippen LogP contribution in [-0.4, -0.2) is 16.6 Å². The van der Waals surface area contributed by atoms with Crippen LogP contribution < -0.4 is 4.74 Å². The number of nitrogens with zero attached hydrogens (tertiary/aromatic N) is 2. The van der Waals surface area contributed by atoms with E-state index in [-0.39, 0.29) is 0 Å². The van der Waals surface area contributed by atoms with Gasteiger partial charge >= 0.3 is 0 Å². The average Bonchev–Trinajstić information content (AvgIpc) is 2.93. The van der Waals surface area contributed by atoms with Gasteiger partial charge in [0.25, 0.3) is 0 Å². The lowest BCUT2D eigenvalue weighted by atomic mass is 9.74. The molecule has 0 bridgehead atoms. The summed E-state index contributed by atoms with van der Waals surface area (Å²) >= 11 is 0. The summed E-state index contributed by atoms with van der Waals surface area (Å²) in [5.41, 5.74) is 2.27. The molecule has 1 fully saturated rings. The molecule has 0 N–H and O–H groups in total. The highest BCUT2D eigenvalue weighted by Gasteiger charge is 2.24. The molecule has 1 aliphatic rings. The molecule has 0 amide bonds. The van der Waals surface area contributed by atoms with Crippen LogP contribution in [0.4, 0.5) is 0 Å². The average molecular weight is 493 g/mol. The van der Waals surface area contributed by atoms with Crippen LogP contribution >= 0.6 is 0 Å². The quantitative estimate of drug-likeness (QED) is 0.194. The first-order chi connectivity index (χ1) is 17.8. The van der Waals surface area contributed by atoms with Gasteiger partial charge in [0.1, 0.15) is 5.75 Å². The Labute approximate surface area is 221 Å². The van der Waals surface area contributed by atoms with Crippen LogP contribution in [0.5, 0.6) is 5.75 Å². The van der Waals surface area contributed by atoms with Crippen LogP contribution in [-0.2, 0) is 6.42 Å². The molecular weight excluding hydrogens is 440 g/mol. The van der Waals surface area contributed by atoms with E-state index >= 15 is 0 Å². The van der Waals surface area contributed by atoms with Crippen molar-refractivity contribution in [3.05, 3.63) is 42.2 Å². The summed E-state index contributed by atoms with van der Waals surface area (Å²) < 4.78 is 6.10. The van der Waals surface area contributed by atoms with Crippen molar-refractivity contribution in [2.75, 3.05) is 6.61 Å². The lowest BCUT2D eigenvalue weighted by molar-refractivity contribution is 0.190. The molecular formula is C33H52N2O. The van der Waals surface area contributed by atoms with Crippen molar-refractivity contribution in [1.29, 1.82) is 0 Å². The second-order valence-corrected chi connectivity index (χ2v) is 11.1. The van der Waals surface area contributed by atoms with Crippen molar-refractivity contribution in [2.24, 2.45) is 11.8 Å². The zero-order valence-corrected chi connectivity index (χ0v) is 23.4. The maximum atomic E-state index is 6.10. The van der Waals surface area contributed by atoms with E-state index in [4.69, 9.17) is 4.74 Å². The molecule has 3 nitrogen and oxygen atoms in total. The topological polar surface area (TPSA) is 35.0 Å². The predicted molar refractivity (Wildman–Crippen MR) is 153 cm³/mol. The maximum Gasteiger partial charge on any atom is 0.159 e. The van der Waals surface area contributed by atoms with Gasteiger partial charge in [-0.15, -0.1) is 0 Å². The molecule has 1 aromatic carbocycles. The van der Waals surface area contributed by atoms with Crippen molar-refractivity contribution in [1.82, 2.24) is 9.97 Å². The zero-order chi connectivity index (χ0) is 25.3. The summed E-state index contributed by atoms with van der Waals surface area (Å²) in [4.78, 5) is 9.12. The van der Waals surface area contributed by atoms with Crippen LogP contribution in [0.3, 0.4) is 0 Å². The van der Waals surface area contributed by atoms with Gasteiger partial charge < -0.3 is 4.74 Å². The molecule has 2 aromatic rings. The van der Waals surface area contributed by atoms with Crippen molar-refractivity contribution < 1.29 is 4.74 Å². The third-order valence-electron chi connectivity index (χ3n) is 8.12. The van der Waals surface area contributed by atoms with Crippen molar-refractivity contribution >= 4 is 0 Å². The molecule has 1 aromatic heterocycles. The molecule has 0 radical (unpaired) electrons. The van der Waals surface area contributed by atoms with Crippen LogP contribution in [0, 0.1) is 11.8 Å². The van der Waals surface area contributed by atoms with Gasteiger partial charge in [0.05, 0.1) is 6.61 Å². The molecule has 3 heteroatoms. The molecule has 3 rings (SSSR count). The van der Waals surface area contributed by atoms with Crippen LogP contribution in [0.2, 0.25) is 0 Å². The standard InChI is InChI=1S/C33H52N2O/c1-3-5-7-8-9-10-11-12-17-29-18-13-14-19-30(29)20-15-25-36-32-23-21-31(22-24-32)33-34-26-28(27-35-33)16-6-4-2/h21-24,26-27,29-30H,3-20,25H2,1-2H3. The van der Waals surface area contributed by atoms with Crippen molar-refractivity contribution in [2.45, 2.75) is 129 Å². The monoisotopic (exact) mass is 492 g/mol. The molecule has 1 aliphatic carbocycles. The normalized spacial score (nSPS) is 17.8. The molecule has 0 saturated heterocycles. The Morgan fingerprint density at radius 3 is 1.92 bits per heavy atom. The number of hydrogen-bond acceptors (Lipinski definition) is 3. The van der Waals surface area contributed by atoms with Gasteiger partial charge in [-0.25, -0.2) is 9.97 Å². The Bertz CT molecular complexity index is 801. The molecule has 0 spiro atoms. The first kappa shape index (κ1) is 28.7. The summed E-state index contributed by atoms with van der Waals surface area (Å²) in [5, 5.41) is 0. The molecule has 2 atom stereocenters. The Hall–Kier alpha value is -1.90. The number of rotatable bonds is 18. The predicted octanol–water partition coefficient (Wildman–Crippen LogP) is 9.98. The summed E-state index contributed by atoms with van der Waals surface area (Å²) in [7, 11) is 0. The molecule has 0 aliphatic heterocycles. The number of unbranched alkanes of at least 4 members (excludes halogenated alkanes) is 8. The van der Waals surface area contributed by atoms with Crippen molar-refractivity contribution in [3.63, 3.8) is 0 Å². The second kappa shape index (κ2) is 17.5. The van der Waals surface area contributed by atoms with Crippen LogP contribution in [0.1, 0.15) is 129 Å². The molecule has 1 heterocycles. The number of benzene rings is 1. The van der Waals surface area contributed by atoms with E-state index in [0.29, 0.717) is 0 Å². The largest absolute Gasteiger partial charge is 0.494 e. The zero-order valence-electron chi connectivity index (χ0n) is 23.4. The van der Waals surface area contributed by atoms with Gasteiger partial charge in [0, 0.05) is 18.0 Å². The third-order valence-corrected chi connectivity index (χ3v) is 8.12. The van der Waals surface area contributed by atoms with Gasteiger partial charge in [-0.1, -0.05) is 104 Å². The SMILES string of the molecule is CCCCCCCCCCC1CCCCC1CCCOc1ccc(-c2ncc(CCCC)cn2)cc1. The Morgan fingerprint density at radius 2 is 1.28 bits per heavy atom. The summed E-state index contributed by atoms with van der Waals surface area (Å²) in [6.07, 6.45) is 28.6. The fraction of sp³-hybridized carbons (Fsp3) is 0.697. The fourth-order valence-corrected chi connectivity index (χ4v) is 5.83. The van der Waals surface area contributed by atoms with Crippen LogP contribution in [0.25, 0.3) is 11.4 Å². The Morgan fingerprint density at radius 1 is 0.694 bits per heavy atom. The highest BCUT2D eigenvalue weighted by atomic mass is 16.5. The van der Waals surface area contributed by atoms with E-state index in [0.717, 1.165) is 42.0 Å². The van der Waals surface area contributed by atoms with E-state index in [1.165, 1.54) is 115 Å². The van der Waals surface area contributed by atoms with E-state index in [1.54, 1.807) is 0 Å². The van der Waals surface area contributed by atoms with E-state index in [1.807, 2.05) is 12.4 Å². The Balaban J connectivity index is 1.32. The van der Waals surface area contributed by atoms with E-state index in [9.17, 15) is 0 Å². The van der Waals surface area contributed by atoms with Crippen LogP contribution in [0.15, 0.2) is 36.7 Å². The van der Waals surface area contributed by atoms with Gasteiger partial charge in [0.2, 0.25) is 0 Å². The maximum absolute atomic E-state index is 6.10. The summed E-state index contributed by atoms with van der Waals surface area (Å²) in [5.74, 6) is 3.64. The van der Waals surface area contributed by atoms with Gasteiger partial charge in [-0.05, 0) is 67.3 Å². The summed E-state index contributed by atoms with van der Waals surface area (Å²) in [6.45, 7) is 5.34. The molecule has 2 unspecified atom stereocenters. The highest BCUT2D eigenvalue weighted by Crippen LogP contribution is 2.36. The highest BCUT2D eigenvalue weighted by molar-refractivity contribution is 5.55. The second-order valence-electron chi connectivity index (χ2n) is 11.1. The first-order valence-corrected chi connectivity index (χ1v) is 15.3. The minimum absolute atomic E-state index is 0.793. The minimum atomic E-state index is 0.793. The number of hydrogen-bond donors (Lipinski definition) is 0. The molecule has 1 saturated carbocycles. The van der Waals surface area contributed by atoms with Gasteiger partial charge in [0.15, 0.2) is 5.82 Å². The number of aromatic nitrogens is 2. The third kappa shape index (κ3) is 10.6.